The van der Waals surface area contributed by atoms with Crippen LogP contribution in [0.3, 0.4) is 0 Å². The molecule has 0 aromatic rings. The van der Waals surface area contributed by atoms with Gasteiger partial charge in [-0.05, 0) is 32.6 Å². The number of aliphatic hydroxyl groups is 1. The Kier molecular flexibility index (Phi) is 19.0. The second kappa shape index (κ2) is 21.4. The molecule has 48 heavy (non-hydrogen) atoms. The largest absolute Gasteiger partial charge is 0.481 e. The lowest BCUT2D eigenvalue weighted by Gasteiger charge is -2.26. The Morgan fingerprint density at radius 2 is 0.771 bits per heavy atom. The quantitative estimate of drug-likeness (QED) is 0.0452. The van der Waals surface area contributed by atoms with E-state index in [2.05, 4.69) is 21.3 Å². The summed E-state index contributed by atoms with van der Waals surface area (Å²) in [6.07, 6.45) is -4.92. The number of hydrogen-bond donors (Lipinski definition) is 12. The van der Waals surface area contributed by atoms with E-state index < -0.39 is 154 Å². The van der Waals surface area contributed by atoms with Crippen LogP contribution in [-0.2, 0) is 47.9 Å². The minimum absolute atomic E-state index is 0.493. The molecular formula is C26H40N6O16. The third kappa shape index (κ3) is 17.4. The van der Waals surface area contributed by atoms with Crippen LogP contribution in [-0.4, -0.2) is 133 Å². The molecule has 0 rings (SSSR count). The van der Waals surface area contributed by atoms with Gasteiger partial charge in [0, 0.05) is 25.7 Å². The summed E-state index contributed by atoms with van der Waals surface area (Å²) in [5.74, 6) is -12.8. The number of rotatable bonds is 24. The van der Waals surface area contributed by atoms with E-state index in [4.69, 9.17) is 31.3 Å². The first kappa shape index (κ1) is 42.6. The standard InChI is InChI=1S/C26H40N6O16/c1-11(21(42)32-16(26(47)48)5-9-20(40)41)28-23(44)13(2-6-17(34)35)30-25(46)15(4-8-19(38)39)31-24(45)14(3-7-18(36)37)29-22(43)12(27)10-33/h11-16,33H,2-10,27H2,1H3,(H,28,44)(H,29,43)(H,30,46)(H,31,45)(H,32,42)(H,34,35)(H,36,37)(H,38,39)(H,40,41)(H,47,48)/t11-,12-,13-,14-,15-,16-/m0/s1. The van der Waals surface area contributed by atoms with Crippen LogP contribution in [0.5, 0.6) is 0 Å². The van der Waals surface area contributed by atoms with Gasteiger partial charge in [-0.25, -0.2) is 4.79 Å². The number of hydrogen-bond acceptors (Lipinski definition) is 12. The van der Waals surface area contributed by atoms with Crippen molar-refractivity contribution < 1.29 is 78.6 Å². The molecule has 0 radical (unpaired) electrons. The van der Waals surface area contributed by atoms with Crippen molar-refractivity contribution in [2.45, 2.75) is 94.5 Å². The molecule has 22 nitrogen and oxygen atoms in total. The van der Waals surface area contributed by atoms with Gasteiger partial charge in [-0.1, -0.05) is 0 Å². The molecule has 0 spiro atoms. The topological polar surface area (TPSA) is 378 Å². The van der Waals surface area contributed by atoms with E-state index in [1.807, 2.05) is 5.32 Å². The highest BCUT2D eigenvalue weighted by molar-refractivity contribution is 5.96. The Bertz CT molecular complexity index is 1230. The Labute approximate surface area is 271 Å². The highest BCUT2D eigenvalue weighted by Gasteiger charge is 2.32. The fraction of sp³-hybridized carbons (Fsp3) is 0.615. The van der Waals surface area contributed by atoms with Crippen molar-refractivity contribution in [2.75, 3.05) is 6.61 Å². The molecule has 6 atom stereocenters. The third-order valence-electron chi connectivity index (χ3n) is 6.39. The first-order valence-electron chi connectivity index (χ1n) is 14.3. The summed E-state index contributed by atoms with van der Waals surface area (Å²) in [4.78, 5) is 120. The maximum Gasteiger partial charge on any atom is 0.326 e. The summed E-state index contributed by atoms with van der Waals surface area (Å²) in [7, 11) is 0. The van der Waals surface area contributed by atoms with Crippen molar-refractivity contribution in [1.82, 2.24) is 26.6 Å². The van der Waals surface area contributed by atoms with E-state index in [1.54, 1.807) is 0 Å². The number of carbonyl (C=O) groups excluding carboxylic acids is 5. The number of aliphatic carboxylic acids is 5. The van der Waals surface area contributed by atoms with Gasteiger partial charge in [0.05, 0.1) is 6.61 Å². The van der Waals surface area contributed by atoms with Gasteiger partial charge in [-0.15, -0.1) is 0 Å². The van der Waals surface area contributed by atoms with Crippen molar-refractivity contribution in [3.63, 3.8) is 0 Å². The molecule has 13 N–H and O–H groups in total. The van der Waals surface area contributed by atoms with Gasteiger partial charge in [0.25, 0.3) is 0 Å². The number of carbonyl (C=O) groups is 10. The fourth-order valence-corrected chi connectivity index (χ4v) is 3.72. The molecule has 0 unspecified atom stereocenters. The van der Waals surface area contributed by atoms with Crippen molar-refractivity contribution in [2.24, 2.45) is 5.73 Å². The second-order valence-corrected chi connectivity index (χ2v) is 10.3. The van der Waals surface area contributed by atoms with Gasteiger partial charge >= 0.3 is 29.8 Å². The van der Waals surface area contributed by atoms with Crippen molar-refractivity contribution in [3.8, 4) is 0 Å². The number of carboxylic acid groups (broad SMARTS) is 5. The van der Waals surface area contributed by atoms with Crippen LogP contribution < -0.4 is 32.3 Å². The molecule has 22 heteroatoms. The van der Waals surface area contributed by atoms with Gasteiger partial charge in [0.1, 0.15) is 36.3 Å². The van der Waals surface area contributed by atoms with Crippen molar-refractivity contribution in [1.29, 1.82) is 0 Å². The summed E-state index contributed by atoms with van der Waals surface area (Å²) < 4.78 is 0. The fourth-order valence-electron chi connectivity index (χ4n) is 3.72. The summed E-state index contributed by atoms with van der Waals surface area (Å²) in [6.45, 7) is 0.261. The number of nitrogens with one attached hydrogen (secondary N) is 5. The molecule has 0 aromatic heterocycles. The normalized spacial score (nSPS) is 14.4. The SMILES string of the molecule is C[C@H](NC(=O)[C@H](CCC(=O)O)NC(=O)[C@H](CCC(=O)O)NC(=O)[C@H](CCC(=O)O)NC(=O)[C@@H](N)CO)C(=O)N[C@@H](CCC(=O)O)C(=O)O. The molecule has 0 saturated heterocycles. The summed E-state index contributed by atoms with van der Waals surface area (Å²) in [5.41, 5.74) is 5.41. The maximum absolute atomic E-state index is 13.2. The van der Waals surface area contributed by atoms with Gasteiger partial charge in [0.15, 0.2) is 0 Å². The van der Waals surface area contributed by atoms with E-state index in [9.17, 15) is 53.1 Å². The Morgan fingerprint density at radius 3 is 1.08 bits per heavy atom. The summed E-state index contributed by atoms with van der Waals surface area (Å²) in [5, 5.41) is 64.9. The van der Waals surface area contributed by atoms with Gasteiger partial charge in [0.2, 0.25) is 29.5 Å². The average molecular weight is 693 g/mol. The first-order valence-corrected chi connectivity index (χ1v) is 14.3. The van der Waals surface area contributed by atoms with E-state index in [-0.39, 0.29) is 0 Å². The molecule has 0 heterocycles. The minimum Gasteiger partial charge on any atom is -0.481 e. The third-order valence-corrected chi connectivity index (χ3v) is 6.39. The Balaban J connectivity index is 6.01. The second-order valence-electron chi connectivity index (χ2n) is 10.3. The zero-order valence-electron chi connectivity index (χ0n) is 25.7. The van der Waals surface area contributed by atoms with Gasteiger partial charge in [-0.3, -0.25) is 43.2 Å². The zero-order valence-corrected chi connectivity index (χ0v) is 25.7. The molecule has 0 bridgehead atoms. The molecular weight excluding hydrogens is 652 g/mol. The van der Waals surface area contributed by atoms with Gasteiger partial charge in [-0.2, -0.15) is 0 Å². The number of carboxylic acids is 5. The highest BCUT2D eigenvalue weighted by Crippen LogP contribution is 2.07. The smallest absolute Gasteiger partial charge is 0.326 e. The maximum atomic E-state index is 13.2. The summed E-state index contributed by atoms with van der Waals surface area (Å²) >= 11 is 0. The first-order chi connectivity index (χ1) is 22.3. The molecule has 0 aliphatic carbocycles. The molecule has 0 aliphatic heterocycles. The number of aliphatic hydroxyl groups excluding tert-OH is 1. The lowest BCUT2D eigenvalue weighted by atomic mass is 10.1. The van der Waals surface area contributed by atoms with Crippen molar-refractivity contribution in [3.05, 3.63) is 0 Å². The zero-order chi connectivity index (χ0) is 37.1. The van der Waals surface area contributed by atoms with Crippen LogP contribution in [0, 0.1) is 0 Å². The molecule has 5 amide bonds. The molecule has 0 fully saturated rings. The van der Waals surface area contributed by atoms with E-state index in [1.165, 1.54) is 0 Å². The Hall–Kier alpha value is -5.38. The van der Waals surface area contributed by atoms with E-state index >= 15 is 0 Å². The van der Waals surface area contributed by atoms with E-state index in [0.29, 0.717) is 0 Å². The lowest BCUT2D eigenvalue weighted by Crippen LogP contribution is -2.59. The number of amides is 5. The predicted molar refractivity (Wildman–Crippen MR) is 156 cm³/mol. The lowest BCUT2D eigenvalue weighted by molar-refractivity contribution is -0.143. The Morgan fingerprint density at radius 1 is 0.479 bits per heavy atom. The van der Waals surface area contributed by atoms with Crippen LogP contribution in [0.2, 0.25) is 0 Å². The molecule has 0 saturated carbocycles. The summed E-state index contributed by atoms with van der Waals surface area (Å²) in [6, 6.07) is -9.76. The van der Waals surface area contributed by atoms with Crippen LogP contribution in [0.15, 0.2) is 0 Å². The number of nitrogens with two attached hydrogens (primary N) is 1. The van der Waals surface area contributed by atoms with Crippen LogP contribution in [0.25, 0.3) is 0 Å². The highest BCUT2D eigenvalue weighted by atomic mass is 16.4. The van der Waals surface area contributed by atoms with E-state index in [0.717, 1.165) is 6.92 Å². The molecule has 0 aliphatic rings. The predicted octanol–water partition coefficient (Wildman–Crippen LogP) is -4.71. The van der Waals surface area contributed by atoms with Gasteiger partial charge < -0.3 is 63.0 Å². The average Bonchev–Trinajstić information content (AvgIpc) is 2.99. The monoisotopic (exact) mass is 692 g/mol. The minimum atomic E-state index is -1.75. The van der Waals surface area contributed by atoms with Crippen LogP contribution >= 0.6 is 0 Å². The van der Waals surface area contributed by atoms with Crippen LogP contribution in [0.4, 0.5) is 0 Å². The molecule has 270 valence electrons. The van der Waals surface area contributed by atoms with Crippen molar-refractivity contribution >= 4 is 59.4 Å². The molecule has 0 aromatic carbocycles. The van der Waals surface area contributed by atoms with Crippen LogP contribution in [0.1, 0.15) is 58.3 Å².